The van der Waals surface area contributed by atoms with Gasteiger partial charge in [0, 0.05) is 59.5 Å². The van der Waals surface area contributed by atoms with Crippen LogP contribution in [0.3, 0.4) is 0 Å². The standard InChI is InChI=1S/C62H67N3O/c1-32(2)61-19-21-62(22-20-61,33(3)4)56(66)44-30-48-38(27-45(44)61)42-25-36(58(8,9)10)26-43-40-29-47-39(28-46(40)64(48)53(42)43)41-24-34-23-35(57(5,6)7)15-16-37(34)50-51-49(65(47)54(41)50)31-63-55-52(51)59(11,12)17-18-60(55,13)14/h15-16,23-33H,17-22H2,1-14H3. The molecule has 1 saturated carbocycles. The van der Waals surface area contributed by atoms with Crippen LogP contribution < -0.4 is 0 Å². The molecule has 14 rings (SSSR count). The Balaban J connectivity index is 1.22. The fraction of sp³-hybridized carbons (Fsp3) is 0.452. The Morgan fingerprint density at radius 2 is 1.08 bits per heavy atom. The van der Waals surface area contributed by atoms with Crippen LogP contribution in [0, 0.1) is 17.3 Å². The smallest absolute Gasteiger partial charge is 0.169 e. The number of aromatic nitrogens is 3. The SMILES string of the molecule is CC(C)C12CCC(C(C)C)(CC1)c1cc3c4cc(C(C)(C)C)cc5c6cc7c(cc6n(c3cc1C2=O)c45)c1cc2cc(C(C)(C)C)ccc2c2c3c4c(ncc3n7c12)C(C)(C)CCC4(C)C. The second-order valence-corrected chi connectivity index (χ2v) is 25.9. The van der Waals surface area contributed by atoms with Crippen LogP contribution in [0.15, 0.2) is 66.9 Å². The number of Topliss-reactive ketones (excluding diaryl/α,β-unsaturated/α-hetero) is 1. The third kappa shape index (κ3) is 4.82. The maximum absolute atomic E-state index is 15.3. The first kappa shape index (κ1) is 41.0. The molecule has 10 aromatic rings. The van der Waals surface area contributed by atoms with Crippen LogP contribution >= 0.6 is 0 Å². The minimum atomic E-state index is -0.304. The van der Waals surface area contributed by atoms with Gasteiger partial charge < -0.3 is 8.80 Å². The number of nitrogens with zero attached hydrogens (tertiary/aromatic N) is 3. The lowest BCUT2D eigenvalue weighted by atomic mass is 9.57. The third-order valence-corrected chi connectivity index (χ3v) is 19.0. The average molecular weight is 870 g/mol. The Hall–Kier alpha value is -5.22. The van der Waals surface area contributed by atoms with Gasteiger partial charge in [-0.15, -0.1) is 0 Å². The Morgan fingerprint density at radius 1 is 0.530 bits per heavy atom. The molecule has 0 unspecified atom stereocenters. The highest BCUT2D eigenvalue weighted by Gasteiger charge is 2.55. The molecule has 4 aliphatic rings. The van der Waals surface area contributed by atoms with Gasteiger partial charge in [0.2, 0.25) is 0 Å². The summed E-state index contributed by atoms with van der Waals surface area (Å²) in [7, 11) is 0. The molecule has 0 amide bonds. The van der Waals surface area contributed by atoms with Gasteiger partial charge in [-0.3, -0.25) is 9.78 Å². The van der Waals surface area contributed by atoms with Crippen LogP contribution in [0.25, 0.3) is 87.0 Å². The van der Waals surface area contributed by atoms with E-state index in [1.165, 1.54) is 115 Å². The lowest BCUT2D eigenvalue weighted by Crippen LogP contribution is -2.42. The summed E-state index contributed by atoms with van der Waals surface area (Å²) in [6.45, 7) is 33.2. The van der Waals surface area contributed by atoms with Crippen LogP contribution in [-0.2, 0) is 27.1 Å². The number of carbonyl (C=O) groups is 1. The second-order valence-electron chi connectivity index (χ2n) is 25.9. The van der Waals surface area contributed by atoms with E-state index in [0.717, 1.165) is 44.1 Å². The van der Waals surface area contributed by atoms with E-state index < -0.39 is 0 Å². The molecule has 4 aliphatic carbocycles. The van der Waals surface area contributed by atoms with E-state index in [1.807, 2.05) is 0 Å². The average Bonchev–Trinajstić information content (AvgIpc) is 3.94. The molecule has 1 fully saturated rings. The van der Waals surface area contributed by atoms with Gasteiger partial charge in [-0.1, -0.05) is 115 Å². The van der Waals surface area contributed by atoms with Crippen LogP contribution in [0.1, 0.15) is 174 Å². The van der Waals surface area contributed by atoms with Crippen molar-refractivity contribution in [3.05, 3.63) is 100 Å². The van der Waals surface area contributed by atoms with Crippen molar-refractivity contribution < 1.29 is 4.79 Å². The molecule has 0 saturated heterocycles. The zero-order chi connectivity index (χ0) is 46.3. The Bertz CT molecular complexity index is 3800. The van der Waals surface area contributed by atoms with Gasteiger partial charge in [-0.05, 0) is 148 Å². The van der Waals surface area contributed by atoms with Crippen LogP contribution in [0.2, 0.25) is 0 Å². The molecule has 5 heterocycles. The van der Waals surface area contributed by atoms with Crippen molar-refractivity contribution >= 4 is 92.7 Å². The molecule has 4 nitrogen and oxygen atoms in total. The summed E-state index contributed by atoms with van der Waals surface area (Å²) in [6, 6.07) is 24.7. The minimum Gasteiger partial charge on any atom is -0.308 e. The zero-order valence-corrected chi connectivity index (χ0v) is 42.0. The highest BCUT2D eigenvalue weighted by Crippen LogP contribution is 2.60. The molecular formula is C62H67N3O. The fourth-order valence-electron chi connectivity index (χ4n) is 14.6. The molecule has 0 radical (unpaired) electrons. The van der Waals surface area contributed by atoms with Gasteiger partial charge in [-0.2, -0.15) is 0 Å². The lowest BCUT2D eigenvalue weighted by Gasteiger charge is -2.46. The van der Waals surface area contributed by atoms with E-state index in [2.05, 4.69) is 173 Å². The second kappa shape index (κ2) is 12.3. The number of carbonyl (C=O) groups excluding carboxylic acids is 1. The van der Waals surface area contributed by atoms with Gasteiger partial charge >= 0.3 is 0 Å². The molecule has 336 valence electrons. The van der Waals surface area contributed by atoms with E-state index in [9.17, 15) is 0 Å². The molecule has 66 heavy (non-hydrogen) atoms. The first-order valence-corrected chi connectivity index (χ1v) is 25.4. The molecule has 0 N–H and O–H groups in total. The van der Waals surface area contributed by atoms with Crippen LogP contribution in [-0.4, -0.2) is 19.6 Å². The maximum Gasteiger partial charge on any atom is 0.169 e. The topological polar surface area (TPSA) is 38.8 Å². The number of hydrogen-bond acceptors (Lipinski definition) is 2. The summed E-state index contributed by atoms with van der Waals surface area (Å²) in [4.78, 5) is 20.8. The zero-order valence-electron chi connectivity index (χ0n) is 42.0. The number of ketones is 1. The van der Waals surface area contributed by atoms with Crippen molar-refractivity contribution in [2.45, 2.75) is 163 Å². The molecule has 0 atom stereocenters. The summed E-state index contributed by atoms with van der Waals surface area (Å²) < 4.78 is 5.16. The Kier molecular flexibility index (Phi) is 7.62. The summed E-state index contributed by atoms with van der Waals surface area (Å²) in [5.74, 6) is 1.13. The largest absolute Gasteiger partial charge is 0.308 e. The number of benzene rings is 5. The van der Waals surface area contributed by atoms with Gasteiger partial charge in [0.25, 0.3) is 0 Å². The van der Waals surface area contributed by atoms with Crippen molar-refractivity contribution in [1.82, 2.24) is 13.8 Å². The Labute approximate surface area is 389 Å². The first-order chi connectivity index (χ1) is 31.0. The highest BCUT2D eigenvalue weighted by molar-refractivity contribution is 6.34. The third-order valence-electron chi connectivity index (χ3n) is 19.0. The fourth-order valence-corrected chi connectivity index (χ4v) is 14.6. The Morgan fingerprint density at radius 3 is 1.68 bits per heavy atom. The van der Waals surface area contributed by atoms with E-state index in [4.69, 9.17) is 4.98 Å². The number of pyridine rings is 1. The normalized spacial score (nSPS) is 22.4. The number of rotatable bonds is 2. The van der Waals surface area contributed by atoms with E-state index in [0.29, 0.717) is 17.6 Å². The van der Waals surface area contributed by atoms with Gasteiger partial charge in [0.1, 0.15) is 0 Å². The van der Waals surface area contributed by atoms with Crippen molar-refractivity contribution in [2.24, 2.45) is 17.3 Å². The van der Waals surface area contributed by atoms with Crippen molar-refractivity contribution in [3.8, 4) is 0 Å². The quantitative estimate of drug-likeness (QED) is 0.174. The first-order valence-electron chi connectivity index (χ1n) is 25.4. The molecule has 4 heteroatoms. The van der Waals surface area contributed by atoms with E-state index in [1.54, 1.807) is 0 Å². The predicted octanol–water partition coefficient (Wildman–Crippen LogP) is 16.8. The monoisotopic (exact) mass is 870 g/mol. The van der Waals surface area contributed by atoms with Crippen LogP contribution in [0.4, 0.5) is 0 Å². The van der Waals surface area contributed by atoms with Crippen molar-refractivity contribution in [1.29, 1.82) is 0 Å². The van der Waals surface area contributed by atoms with Gasteiger partial charge in [0.15, 0.2) is 5.78 Å². The molecule has 0 spiro atoms. The van der Waals surface area contributed by atoms with Gasteiger partial charge in [-0.25, -0.2) is 0 Å². The summed E-state index contributed by atoms with van der Waals surface area (Å²) in [5.41, 5.74) is 14.8. The van der Waals surface area contributed by atoms with E-state index in [-0.39, 0.29) is 32.5 Å². The maximum atomic E-state index is 15.3. The van der Waals surface area contributed by atoms with Gasteiger partial charge in [0.05, 0.1) is 45.0 Å². The number of hydrogen-bond donors (Lipinski definition) is 0. The summed E-state index contributed by atoms with van der Waals surface area (Å²) >= 11 is 0. The molecular weight excluding hydrogens is 803 g/mol. The van der Waals surface area contributed by atoms with E-state index >= 15 is 4.79 Å². The van der Waals surface area contributed by atoms with Crippen molar-refractivity contribution in [2.75, 3.05) is 0 Å². The molecule has 5 aromatic carbocycles. The minimum absolute atomic E-state index is 0.000557. The van der Waals surface area contributed by atoms with Crippen LogP contribution in [0.5, 0.6) is 0 Å². The molecule has 0 aliphatic heterocycles. The predicted molar refractivity (Wildman–Crippen MR) is 280 cm³/mol. The molecule has 5 aromatic heterocycles. The number of fused-ring (bicyclic) bond motifs is 18. The molecule has 2 bridgehead atoms. The summed E-state index contributed by atoms with van der Waals surface area (Å²) in [6.07, 6.45) is 8.61. The highest BCUT2D eigenvalue weighted by atomic mass is 16.1. The van der Waals surface area contributed by atoms with Crippen molar-refractivity contribution in [3.63, 3.8) is 0 Å². The summed E-state index contributed by atoms with van der Waals surface area (Å²) in [5, 5.41) is 13.1. The lowest BCUT2D eigenvalue weighted by molar-refractivity contribution is 0.0474.